The Morgan fingerprint density at radius 2 is 1.89 bits per heavy atom. The van der Waals surface area contributed by atoms with Crippen LogP contribution >= 0.6 is 11.6 Å². The highest BCUT2D eigenvalue weighted by Gasteiger charge is 2.12. The molecule has 2 aromatic carbocycles. The molecule has 0 saturated carbocycles. The first-order valence-corrected chi connectivity index (χ1v) is 5.79. The molecule has 19 heavy (non-hydrogen) atoms. The summed E-state index contributed by atoms with van der Waals surface area (Å²) in [7, 11) is 0. The third-order valence-corrected chi connectivity index (χ3v) is 2.77. The minimum atomic E-state index is -1.09. The molecule has 0 aliphatic rings. The summed E-state index contributed by atoms with van der Waals surface area (Å²) in [4.78, 5) is 11.2. The summed E-state index contributed by atoms with van der Waals surface area (Å²) in [5, 5.41) is 0.149. The Hall–Kier alpha value is -1.94. The first kappa shape index (κ1) is 13.5. The molecule has 2 nitrogen and oxygen atoms in total. The van der Waals surface area contributed by atoms with Crippen LogP contribution in [0.15, 0.2) is 36.4 Å². The molecule has 0 fully saturated rings. The Bertz CT molecular complexity index is 641. The molecule has 98 valence electrons. The number of hydrogen-bond donors (Lipinski definition) is 0. The Morgan fingerprint density at radius 3 is 2.53 bits per heavy atom. The van der Waals surface area contributed by atoms with E-state index < -0.39 is 11.6 Å². The zero-order chi connectivity index (χ0) is 14.0. The van der Waals surface area contributed by atoms with Crippen LogP contribution in [0.4, 0.5) is 8.78 Å². The van der Waals surface area contributed by atoms with Crippen LogP contribution in [-0.2, 0) is 0 Å². The lowest BCUT2D eigenvalue weighted by atomic mass is 10.1. The number of ketones is 1. The van der Waals surface area contributed by atoms with Crippen molar-refractivity contribution in [2.24, 2.45) is 0 Å². The Balaban J connectivity index is 2.34. The van der Waals surface area contributed by atoms with E-state index in [4.69, 9.17) is 16.3 Å². The molecule has 2 aromatic rings. The van der Waals surface area contributed by atoms with Gasteiger partial charge in [-0.05, 0) is 37.3 Å². The minimum Gasteiger partial charge on any atom is -0.453 e. The van der Waals surface area contributed by atoms with E-state index in [2.05, 4.69) is 0 Å². The summed E-state index contributed by atoms with van der Waals surface area (Å²) in [6.07, 6.45) is 0. The summed E-state index contributed by atoms with van der Waals surface area (Å²) in [6, 6.07) is 7.95. The summed E-state index contributed by atoms with van der Waals surface area (Å²) in [5.41, 5.74) is 0.414. The predicted octanol–water partition coefficient (Wildman–Crippen LogP) is 4.61. The number of Topliss-reactive ketones (excluding diaryl/α,β-unsaturated/α-hetero) is 1. The second kappa shape index (κ2) is 5.36. The van der Waals surface area contributed by atoms with Crippen LogP contribution < -0.4 is 4.74 Å². The van der Waals surface area contributed by atoms with E-state index in [0.29, 0.717) is 5.56 Å². The van der Waals surface area contributed by atoms with Gasteiger partial charge in [0, 0.05) is 5.56 Å². The molecule has 5 heteroatoms. The molecule has 0 amide bonds. The maximum atomic E-state index is 13.4. The molecule has 0 heterocycles. The highest BCUT2D eigenvalue weighted by molar-refractivity contribution is 6.32. The van der Waals surface area contributed by atoms with Gasteiger partial charge in [-0.2, -0.15) is 4.39 Å². The standard InChI is InChI=1S/C14H9ClF2O2/c1-8(18)9-5-6-12(10(15)7-9)19-13-4-2-3-11(16)14(13)17/h2-7H,1H3. The van der Waals surface area contributed by atoms with E-state index in [1.54, 1.807) is 0 Å². The topological polar surface area (TPSA) is 26.3 Å². The molecule has 0 N–H and O–H groups in total. The minimum absolute atomic E-state index is 0.148. The van der Waals surface area contributed by atoms with Crippen LogP contribution in [0, 0.1) is 11.6 Å². The van der Waals surface area contributed by atoms with Gasteiger partial charge in [0.05, 0.1) is 5.02 Å². The van der Waals surface area contributed by atoms with E-state index in [1.807, 2.05) is 0 Å². The fraction of sp³-hybridized carbons (Fsp3) is 0.0714. The fourth-order valence-electron chi connectivity index (χ4n) is 1.48. The number of ether oxygens (including phenoxy) is 1. The molecule has 0 radical (unpaired) electrons. The molecular formula is C14H9ClF2O2. The average molecular weight is 283 g/mol. The van der Waals surface area contributed by atoms with Gasteiger partial charge in [-0.1, -0.05) is 17.7 Å². The highest BCUT2D eigenvalue weighted by Crippen LogP contribution is 2.32. The van der Waals surface area contributed by atoms with Gasteiger partial charge < -0.3 is 4.74 Å². The number of benzene rings is 2. The lowest BCUT2D eigenvalue weighted by molar-refractivity contribution is 0.101. The summed E-state index contributed by atoms with van der Waals surface area (Å²) >= 11 is 5.92. The van der Waals surface area contributed by atoms with Crippen molar-refractivity contribution < 1.29 is 18.3 Å². The molecule has 0 aliphatic heterocycles. The highest BCUT2D eigenvalue weighted by atomic mass is 35.5. The maximum absolute atomic E-state index is 13.4. The van der Waals surface area contributed by atoms with Gasteiger partial charge in [-0.15, -0.1) is 0 Å². The van der Waals surface area contributed by atoms with Crippen molar-refractivity contribution in [3.8, 4) is 11.5 Å². The molecular weight excluding hydrogens is 274 g/mol. The van der Waals surface area contributed by atoms with Gasteiger partial charge in [0.25, 0.3) is 0 Å². The number of halogens is 3. The van der Waals surface area contributed by atoms with Crippen molar-refractivity contribution in [1.29, 1.82) is 0 Å². The summed E-state index contributed by atoms with van der Waals surface area (Å²) in [6.45, 7) is 1.40. The van der Waals surface area contributed by atoms with Gasteiger partial charge >= 0.3 is 0 Å². The summed E-state index contributed by atoms with van der Waals surface area (Å²) < 4.78 is 31.6. The third-order valence-electron chi connectivity index (χ3n) is 2.47. The van der Waals surface area contributed by atoms with E-state index in [-0.39, 0.29) is 22.3 Å². The molecule has 0 aliphatic carbocycles. The third kappa shape index (κ3) is 2.90. The fourth-order valence-corrected chi connectivity index (χ4v) is 1.70. The molecule has 0 bridgehead atoms. The molecule has 2 rings (SSSR count). The lowest BCUT2D eigenvalue weighted by Gasteiger charge is -2.09. The van der Waals surface area contributed by atoms with Crippen molar-refractivity contribution >= 4 is 17.4 Å². The van der Waals surface area contributed by atoms with Crippen LogP contribution in [0.2, 0.25) is 5.02 Å². The number of rotatable bonds is 3. The SMILES string of the molecule is CC(=O)c1ccc(Oc2cccc(F)c2F)c(Cl)c1. The molecule has 0 saturated heterocycles. The van der Waals surface area contributed by atoms with Crippen molar-refractivity contribution in [3.05, 3.63) is 58.6 Å². The van der Waals surface area contributed by atoms with E-state index in [1.165, 1.54) is 37.3 Å². The lowest BCUT2D eigenvalue weighted by Crippen LogP contribution is -1.95. The number of carbonyl (C=O) groups is 1. The van der Waals surface area contributed by atoms with Gasteiger partial charge in [-0.25, -0.2) is 4.39 Å². The van der Waals surface area contributed by atoms with Crippen molar-refractivity contribution in [3.63, 3.8) is 0 Å². The summed E-state index contributed by atoms with van der Waals surface area (Å²) in [5.74, 6) is -2.36. The smallest absolute Gasteiger partial charge is 0.201 e. The first-order valence-electron chi connectivity index (χ1n) is 5.41. The van der Waals surface area contributed by atoms with E-state index >= 15 is 0 Å². The number of hydrogen-bond acceptors (Lipinski definition) is 2. The number of carbonyl (C=O) groups excluding carboxylic acids is 1. The second-order valence-electron chi connectivity index (χ2n) is 3.86. The van der Waals surface area contributed by atoms with Crippen molar-refractivity contribution in [1.82, 2.24) is 0 Å². The van der Waals surface area contributed by atoms with Crippen LogP contribution in [0.25, 0.3) is 0 Å². The van der Waals surface area contributed by atoms with Gasteiger partial charge in [0.1, 0.15) is 5.75 Å². The quantitative estimate of drug-likeness (QED) is 0.768. The maximum Gasteiger partial charge on any atom is 0.201 e. The second-order valence-corrected chi connectivity index (χ2v) is 4.26. The Labute approximate surface area is 113 Å². The molecule has 0 atom stereocenters. The molecule has 0 unspecified atom stereocenters. The monoisotopic (exact) mass is 282 g/mol. The van der Waals surface area contributed by atoms with Crippen LogP contribution in [0.1, 0.15) is 17.3 Å². The van der Waals surface area contributed by atoms with E-state index in [0.717, 1.165) is 6.07 Å². The van der Waals surface area contributed by atoms with Crippen molar-refractivity contribution in [2.45, 2.75) is 6.92 Å². The molecule has 0 spiro atoms. The zero-order valence-corrected chi connectivity index (χ0v) is 10.7. The van der Waals surface area contributed by atoms with E-state index in [9.17, 15) is 13.6 Å². The molecule has 0 aromatic heterocycles. The predicted molar refractivity (Wildman–Crippen MR) is 67.9 cm³/mol. The van der Waals surface area contributed by atoms with Gasteiger partial charge in [-0.3, -0.25) is 4.79 Å². The average Bonchev–Trinajstić information content (AvgIpc) is 2.37. The Morgan fingerprint density at radius 1 is 1.16 bits per heavy atom. The Kier molecular flexibility index (Phi) is 3.81. The van der Waals surface area contributed by atoms with Crippen LogP contribution in [0.5, 0.6) is 11.5 Å². The largest absolute Gasteiger partial charge is 0.453 e. The first-order chi connectivity index (χ1) is 8.99. The van der Waals surface area contributed by atoms with Gasteiger partial charge in [0.15, 0.2) is 17.3 Å². The normalized spacial score (nSPS) is 10.3. The van der Waals surface area contributed by atoms with Crippen molar-refractivity contribution in [2.75, 3.05) is 0 Å². The van der Waals surface area contributed by atoms with Crippen LogP contribution in [0.3, 0.4) is 0 Å². The van der Waals surface area contributed by atoms with Gasteiger partial charge in [0.2, 0.25) is 5.82 Å². The zero-order valence-electron chi connectivity index (χ0n) is 9.91. The van der Waals surface area contributed by atoms with Crippen LogP contribution in [-0.4, -0.2) is 5.78 Å².